The van der Waals surface area contributed by atoms with Gasteiger partial charge in [0.2, 0.25) is 0 Å². The van der Waals surface area contributed by atoms with E-state index >= 15 is 0 Å². The molecule has 0 atom stereocenters. The lowest BCUT2D eigenvalue weighted by molar-refractivity contribution is -0.143. The van der Waals surface area contributed by atoms with Crippen LogP contribution in [0.25, 0.3) is 0 Å². The lowest BCUT2D eigenvalue weighted by atomic mass is 10.1. The second kappa shape index (κ2) is 7.58. The van der Waals surface area contributed by atoms with E-state index in [4.69, 9.17) is 0 Å². The molecule has 0 heterocycles. The fourth-order valence-electron chi connectivity index (χ4n) is 0.976. The summed E-state index contributed by atoms with van der Waals surface area (Å²) in [6.45, 7) is 3.73. The van der Waals surface area contributed by atoms with Gasteiger partial charge in [-0.1, -0.05) is 39.0 Å². The van der Waals surface area contributed by atoms with Crippen molar-refractivity contribution in [1.29, 1.82) is 0 Å². The molecule has 0 aliphatic carbocycles. The third-order valence-corrected chi connectivity index (χ3v) is 1.63. The molecule has 0 spiro atoms. The predicted octanol–water partition coefficient (Wildman–Crippen LogP) is 2.51. The molecule has 0 aromatic heterocycles. The summed E-state index contributed by atoms with van der Waals surface area (Å²) in [5.74, 6) is -0.929. The highest BCUT2D eigenvalue weighted by atomic mass is 16.4. The van der Waals surface area contributed by atoms with E-state index in [1.807, 2.05) is 0 Å². The van der Waals surface area contributed by atoms with Gasteiger partial charge in [-0.05, 0) is 6.42 Å². The quantitative estimate of drug-likeness (QED) is 0.522. The van der Waals surface area contributed by atoms with Gasteiger partial charge >= 0.3 is 5.97 Å². The van der Waals surface area contributed by atoms with E-state index in [2.05, 4.69) is 6.92 Å². The number of rotatable bonds is 7. The normalized spacial score (nSPS) is 9.91. The molecule has 0 bridgehead atoms. The molecule has 64 valence electrons. The highest BCUT2D eigenvalue weighted by Gasteiger charge is 1.97. The SMILES string of the molecule is [CH2]CCCCCCCC([O])=O. The van der Waals surface area contributed by atoms with E-state index in [0.29, 0.717) is 0 Å². The van der Waals surface area contributed by atoms with E-state index in [-0.39, 0.29) is 6.42 Å². The van der Waals surface area contributed by atoms with Crippen LogP contribution in [0.15, 0.2) is 0 Å². The van der Waals surface area contributed by atoms with Crippen LogP contribution in [0.3, 0.4) is 0 Å². The van der Waals surface area contributed by atoms with Crippen molar-refractivity contribution in [2.75, 3.05) is 0 Å². The Bertz CT molecular complexity index is 99.7. The van der Waals surface area contributed by atoms with Crippen molar-refractivity contribution in [3.05, 3.63) is 6.92 Å². The zero-order valence-electron chi connectivity index (χ0n) is 6.97. The lowest BCUT2D eigenvalue weighted by Gasteiger charge is -1.96. The fourth-order valence-corrected chi connectivity index (χ4v) is 0.976. The summed E-state index contributed by atoms with van der Waals surface area (Å²) in [4.78, 5) is 9.97. The highest BCUT2D eigenvalue weighted by molar-refractivity contribution is 5.66. The highest BCUT2D eigenvalue weighted by Crippen LogP contribution is 2.06. The Kier molecular flexibility index (Phi) is 7.21. The first-order chi connectivity index (χ1) is 5.27. The lowest BCUT2D eigenvalue weighted by Crippen LogP contribution is -1.91. The van der Waals surface area contributed by atoms with Gasteiger partial charge in [-0.2, -0.15) is 0 Å². The minimum absolute atomic E-state index is 0.213. The average Bonchev–Trinajstić information content (AvgIpc) is 1.96. The third-order valence-electron chi connectivity index (χ3n) is 1.63. The predicted molar refractivity (Wildman–Crippen MR) is 43.4 cm³/mol. The number of carbonyl (C=O) groups is 1. The molecule has 2 nitrogen and oxygen atoms in total. The van der Waals surface area contributed by atoms with Crippen molar-refractivity contribution in [2.45, 2.75) is 44.9 Å². The molecule has 0 amide bonds. The Hall–Kier alpha value is -0.530. The van der Waals surface area contributed by atoms with Gasteiger partial charge in [0.25, 0.3) is 0 Å². The summed E-state index contributed by atoms with van der Waals surface area (Å²) in [6, 6.07) is 0. The second-order valence-corrected chi connectivity index (χ2v) is 2.74. The van der Waals surface area contributed by atoms with Crippen molar-refractivity contribution in [1.82, 2.24) is 0 Å². The van der Waals surface area contributed by atoms with Gasteiger partial charge in [0.1, 0.15) is 0 Å². The summed E-state index contributed by atoms with van der Waals surface area (Å²) in [6.07, 6.45) is 6.43. The molecule has 0 N–H and O–H groups in total. The first-order valence-corrected chi connectivity index (χ1v) is 4.26. The van der Waals surface area contributed by atoms with Crippen LogP contribution in [-0.4, -0.2) is 5.97 Å². The first-order valence-electron chi connectivity index (χ1n) is 4.26. The van der Waals surface area contributed by atoms with Crippen LogP contribution in [0.4, 0.5) is 0 Å². The van der Waals surface area contributed by atoms with Crippen molar-refractivity contribution in [3.8, 4) is 0 Å². The zero-order valence-corrected chi connectivity index (χ0v) is 6.97. The Morgan fingerprint density at radius 2 is 1.55 bits per heavy atom. The molecule has 11 heavy (non-hydrogen) atoms. The topological polar surface area (TPSA) is 37.0 Å². The molecular weight excluding hydrogens is 140 g/mol. The van der Waals surface area contributed by atoms with Crippen LogP contribution >= 0.6 is 0 Å². The standard InChI is InChI=1S/C9H16O2/c1-2-3-4-5-6-7-8-9(10)11/h1-8H2. The summed E-state index contributed by atoms with van der Waals surface area (Å²) in [7, 11) is 0. The number of carbonyl (C=O) groups excluding carboxylic acids is 1. The van der Waals surface area contributed by atoms with Gasteiger partial charge < -0.3 is 0 Å². The van der Waals surface area contributed by atoms with E-state index < -0.39 is 5.97 Å². The van der Waals surface area contributed by atoms with Gasteiger partial charge in [-0.25, -0.2) is 9.90 Å². The molecule has 0 aliphatic rings. The molecule has 0 unspecified atom stereocenters. The molecule has 0 aliphatic heterocycles. The number of hydrogen-bond donors (Lipinski definition) is 0. The largest absolute Gasteiger partial charge is 0.355 e. The summed E-state index contributed by atoms with van der Waals surface area (Å²) in [5, 5.41) is 9.97. The average molecular weight is 156 g/mol. The van der Waals surface area contributed by atoms with Crippen LogP contribution < -0.4 is 0 Å². The Morgan fingerprint density at radius 1 is 1.00 bits per heavy atom. The molecule has 0 rings (SSSR count). The molecule has 2 heteroatoms. The fraction of sp³-hybridized carbons (Fsp3) is 0.778. The minimum Gasteiger partial charge on any atom is -0.247 e. The third kappa shape index (κ3) is 9.47. The minimum atomic E-state index is -0.929. The molecule has 0 saturated carbocycles. The maximum Gasteiger partial charge on any atom is 0.355 e. The summed E-state index contributed by atoms with van der Waals surface area (Å²) < 4.78 is 0. The van der Waals surface area contributed by atoms with Crippen LogP contribution in [-0.2, 0) is 9.90 Å². The van der Waals surface area contributed by atoms with Crippen LogP contribution in [0.1, 0.15) is 44.9 Å². The molecule has 2 radical (unpaired) electrons. The van der Waals surface area contributed by atoms with Gasteiger partial charge in [-0.3, -0.25) is 0 Å². The maximum absolute atomic E-state index is 9.97. The van der Waals surface area contributed by atoms with Crippen molar-refractivity contribution >= 4 is 5.97 Å². The summed E-state index contributed by atoms with van der Waals surface area (Å²) in [5.41, 5.74) is 0. The molecule has 0 fully saturated rings. The van der Waals surface area contributed by atoms with Crippen LogP contribution in [0, 0.1) is 6.92 Å². The molecule has 0 aromatic carbocycles. The summed E-state index contributed by atoms with van der Waals surface area (Å²) >= 11 is 0. The van der Waals surface area contributed by atoms with Crippen LogP contribution in [0.2, 0.25) is 0 Å². The van der Waals surface area contributed by atoms with Crippen molar-refractivity contribution in [2.24, 2.45) is 0 Å². The van der Waals surface area contributed by atoms with Gasteiger partial charge in [0.15, 0.2) is 0 Å². The van der Waals surface area contributed by atoms with Gasteiger partial charge in [0, 0.05) is 0 Å². The van der Waals surface area contributed by atoms with E-state index in [9.17, 15) is 9.90 Å². The van der Waals surface area contributed by atoms with E-state index in [1.165, 1.54) is 6.42 Å². The van der Waals surface area contributed by atoms with E-state index in [1.54, 1.807) is 0 Å². The van der Waals surface area contributed by atoms with Crippen LogP contribution in [0.5, 0.6) is 0 Å². The molecular formula is C9H16O2. The molecule has 0 saturated heterocycles. The smallest absolute Gasteiger partial charge is 0.247 e. The molecule has 0 aromatic rings. The van der Waals surface area contributed by atoms with Gasteiger partial charge in [-0.15, -0.1) is 0 Å². The van der Waals surface area contributed by atoms with Crippen molar-refractivity contribution < 1.29 is 9.90 Å². The first kappa shape index (κ1) is 10.5. The monoisotopic (exact) mass is 156 g/mol. The zero-order chi connectivity index (χ0) is 8.53. The Morgan fingerprint density at radius 3 is 2.09 bits per heavy atom. The number of unbranched alkanes of at least 4 members (excludes halogenated alkanes) is 5. The number of hydrogen-bond acceptors (Lipinski definition) is 1. The maximum atomic E-state index is 9.97. The Labute approximate surface area is 68.6 Å². The van der Waals surface area contributed by atoms with Crippen molar-refractivity contribution in [3.63, 3.8) is 0 Å². The Balaban J connectivity index is 2.85. The van der Waals surface area contributed by atoms with Gasteiger partial charge in [0.05, 0.1) is 6.42 Å². The van der Waals surface area contributed by atoms with E-state index in [0.717, 1.165) is 32.1 Å². The second-order valence-electron chi connectivity index (χ2n) is 2.74.